The maximum absolute atomic E-state index is 12.2. The standard InChI is InChI=1S/C18H11ClN4O3/c19-11-6-7-13-12(8-11)16(18(25)20-13)21-22-17(24)14-9-15(26-23-14)10-4-2-1-3-5-10/h1-9,20,25H. The van der Waals surface area contributed by atoms with Crippen LogP contribution in [0, 0.1) is 0 Å². The molecule has 0 spiro atoms. The highest BCUT2D eigenvalue weighted by atomic mass is 35.5. The Hall–Kier alpha value is -3.45. The number of benzene rings is 2. The van der Waals surface area contributed by atoms with Crippen LogP contribution in [0.15, 0.2) is 69.3 Å². The van der Waals surface area contributed by atoms with Crippen molar-refractivity contribution in [3.63, 3.8) is 0 Å². The van der Waals surface area contributed by atoms with Crippen LogP contribution in [0.2, 0.25) is 5.02 Å². The van der Waals surface area contributed by atoms with Crippen LogP contribution in [0.1, 0.15) is 10.5 Å². The number of amides is 1. The first-order valence-electron chi connectivity index (χ1n) is 7.60. The van der Waals surface area contributed by atoms with E-state index in [0.717, 1.165) is 5.56 Å². The largest absolute Gasteiger partial charge is 0.493 e. The third-order valence-electron chi connectivity index (χ3n) is 3.74. The topological polar surface area (TPSA) is 104 Å². The van der Waals surface area contributed by atoms with Crippen molar-refractivity contribution in [3.05, 3.63) is 65.3 Å². The number of hydrogen-bond donors (Lipinski definition) is 2. The van der Waals surface area contributed by atoms with E-state index in [-0.39, 0.29) is 17.3 Å². The van der Waals surface area contributed by atoms with E-state index >= 15 is 0 Å². The number of carbonyl (C=O) groups excluding carboxylic acids is 1. The Kier molecular flexibility index (Phi) is 3.98. The van der Waals surface area contributed by atoms with Gasteiger partial charge in [-0.05, 0) is 18.2 Å². The fraction of sp³-hybridized carbons (Fsp3) is 0. The van der Waals surface area contributed by atoms with Crippen LogP contribution in [0.25, 0.3) is 22.2 Å². The van der Waals surface area contributed by atoms with Gasteiger partial charge in [0.25, 0.3) is 0 Å². The number of fused-ring (bicyclic) bond motifs is 1. The number of nitrogens with zero attached hydrogens (tertiary/aromatic N) is 3. The molecule has 0 saturated carbocycles. The first-order valence-corrected chi connectivity index (χ1v) is 7.98. The summed E-state index contributed by atoms with van der Waals surface area (Å²) in [6.07, 6.45) is 0. The number of hydrogen-bond acceptors (Lipinski definition) is 5. The molecule has 2 N–H and O–H groups in total. The molecule has 1 amide bonds. The van der Waals surface area contributed by atoms with Crippen LogP contribution in [-0.4, -0.2) is 21.2 Å². The van der Waals surface area contributed by atoms with E-state index in [2.05, 4.69) is 20.4 Å². The molecule has 7 nitrogen and oxygen atoms in total. The molecule has 8 heteroatoms. The highest BCUT2D eigenvalue weighted by molar-refractivity contribution is 6.31. The van der Waals surface area contributed by atoms with E-state index < -0.39 is 5.91 Å². The molecule has 2 aromatic heterocycles. The lowest BCUT2D eigenvalue weighted by atomic mass is 10.2. The first kappa shape index (κ1) is 16.0. The minimum Gasteiger partial charge on any atom is -0.493 e. The number of aromatic nitrogens is 2. The third kappa shape index (κ3) is 2.96. The highest BCUT2D eigenvalue weighted by Gasteiger charge is 2.15. The summed E-state index contributed by atoms with van der Waals surface area (Å²) in [6.45, 7) is 0. The van der Waals surface area contributed by atoms with Gasteiger partial charge in [0.2, 0.25) is 5.88 Å². The van der Waals surface area contributed by atoms with Crippen molar-refractivity contribution in [2.45, 2.75) is 0 Å². The zero-order valence-corrected chi connectivity index (χ0v) is 13.9. The lowest BCUT2D eigenvalue weighted by molar-refractivity contribution is 0.0986. The molecule has 0 aliphatic carbocycles. The van der Waals surface area contributed by atoms with Crippen LogP contribution in [-0.2, 0) is 0 Å². The summed E-state index contributed by atoms with van der Waals surface area (Å²) in [6, 6.07) is 15.7. The molecular weight excluding hydrogens is 356 g/mol. The number of halogens is 1. The van der Waals surface area contributed by atoms with Crippen LogP contribution < -0.4 is 0 Å². The minimum atomic E-state index is -0.688. The Labute approximate surface area is 151 Å². The van der Waals surface area contributed by atoms with Gasteiger partial charge in [0.05, 0.1) is 5.52 Å². The number of H-pyrrole nitrogens is 1. The molecule has 26 heavy (non-hydrogen) atoms. The summed E-state index contributed by atoms with van der Waals surface area (Å²) >= 11 is 5.96. The molecule has 0 radical (unpaired) electrons. The van der Waals surface area contributed by atoms with Crippen molar-refractivity contribution >= 4 is 34.1 Å². The molecule has 0 atom stereocenters. The van der Waals surface area contributed by atoms with Gasteiger partial charge in [-0.25, -0.2) is 0 Å². The molecule has 4 aromatic rings. The summed E-state index contributed by atoms with van der Waals surface area (Å²) in [4.78, 5) is 14.9. The predicted molar refractivity (Wildman–Crippen MR) is 95.8 cm³/mol. The van der Waals surface area contributed by atoms with E-state index in [1.165, 1.54) is 6.07 Å². The molecule has 2 heterocycles. The Morgan fingerprint density at radius 2 is 1.96 bits per heavy atom. The quantitative estimate of drug-likeness (QED) is 0.492. The van der Waals surface area contributed by atoms with Gasteiger partial charge in [-0.2, -0.15) is 0 Å². The number of carbonyl (C=O) groups is 1. The first-order chi connectivity index (χ1) is 12.6. The van der Waals surface area contributed by atoms with Crippen molar-refractivity contribution in [2.24, 2.45) is 10.2 Å². The zero-order chi connectivity index (χ0) is 18.1. The van der Waals surface area contributed by atoms with Crippen molar-refractivity contribution in [1.29, 1.82) is 0 Å². The van der Waals surface area contributed by atoms with E-state index in [4.69, 9.17) is 16.1 Å². The average molecular weight is 367 g/mol. The van der Waals surface area contributed by atoms with Crippen LogP contribution >= 0.6 is 11.6 Å². The molecular formula is C18H11ClN4O3. The van der Waals surface area contributed by atoms with Crippen molar-refractivity contribution in [2.75, 3.05) is 0 Å². The zero-order valence-electron chi connectivity index (χ0n) is 13.2. The second-order valence-corrected chi connectivity index (χ2v) is 5.90. The second kappa shape index (κ2) is 6.45. The van der Waals surface area contributed by atoms with Gasteiger partial charge in [-0.15, -0.1) is 10.2 Å². The number of aromatic amines is 1. The van der Waals surface area contributed by atoms with Gasteiger partial charge in [0.1, 0.15) is 0 Å². The van der Waals surface area contributed by atoms with Crippen LogP contribution in [0.5, 0.6) is 5.88 Å². The normalized spacial score (nSPS) is 11.4. The second-order valence-electron chi connectivity index (χ2n) is 5.46. The average Bonchev–Trinajstić information content (AvgIpc) is 3.25. The number of aromatic hydroxyl groups is 1. The van der Waals surface area contributed by atoms with E-state index in [9.17, 15) is 9.90 Å². The molecule has 0 fully saturated rings. The van der Waals surface area contributed by atoms with Gasteiger partial charge in [-0.3, -0.25) is 4.79 Å². The summed E-state index contributed by atoms with van der Waals surface area (Å²) in [7, 11) is 0. The molecule has 0 saturated heterocycles. The minimum absolute atomic E-state index is 0.0185. The third-order valence-corrected chi connectivity index (χ3v) is 3.98. The Morgan fingerprint density at radius 1 is 1.15 bits per heavy atom. The molecule has 2 aromatic carbocycles. The van der Waals surface area contributed by atoms with Gasteiger partial charge in [0, 0.05) is 22.0 Å². The van der Waals surface area contributed by atoms with Crippen molar-refractivity contribution < 1.29 is 14.4 Å². The molecule has 128 valence electrons. The predicted octanol–water partition coefficient (Wildman–Crippen LogP) is 5.11. The monoisotopic (exact) mass is 366 g/mol. The van der Waals surface area contributed by atoms with Gasteiger partial charge in [0.15, 0.2) is 17.1 Å². The maximum atomic E-state index is 12.2. The van der Waals surface area contributed by atoms with E-state index in [0.29, 0.717) is 21.7 Å². The summed E-state index contributed by atoms with van der Waals surface area (Å²) < 4.78 is 5.17. The Bertz CT molecular complexity index is 1130. The highest BCUT2D eigenvalue weighted by Crippen LogP contribution is 2.36. The summed E-state index contributed by atoms with van der Waals surface area (Å²) in [5.74, 6) is -0.443. The number of nitrogens with one attached hydrogen (secondary N) is 1. The Morgan fingerprint density at radius 3 is 2.77 bits per heavy atom. The molecule has 0 unspecified atom stereocenters. The molecule has 0 aliphatic heterocycles. The smallest absolute Gasteiger partial charge is 0.317 e. The summed E-state index contributed by atoms with van der Waals surface area (Å²) in [5, 5.41) is 22.2. The molecule has 0 aliphatic rings. The van der Waals surface area contributed by atoms with Gasteiger partial charge >= 0.3 is 5.91 Å². The van der Waals surface area contributed by atoms with Crippen molar-refractivity contribution in [3.8, 4) is 17.2 Å². The SMILES string of the molecule is O=C(N=Nc1c(O)[nH]c2ccc(Cl)cc12)c1cc(-c2ccccc2)on1. The van der Waals surface area contributed by atoms with E-state index in [1.54, 1.807) is 18.2 Å². The number of rotatable bonds is 3. The lowest BCUT2D eigenvalue weighted by Gasteiger charge is -1.92. The maximum Gasteiger partial charge on any atom is 0.317 e. The lowest BCUT2D eigenvalue weighted by Crippen LogP contribution is -1.92. The number of azo groups is 1. The van der Waals surface area contributed by atoms with Crippen LogP contribution in [0.4, 0.5) is 5.69 Å². The van der Waals surface area contributed by atoms with E-state index in [1.807, 2.05) is 30.3 Å². The van der Waals surface area contributed by atoms with Crippen LogP contribution in [0.3, 0.4) is 0 Å². The van der Waals surface area contributed by atoms with Gasteiger partial charge in [-0.1, -0.05) is 47.1 Å². The molecule has 4 rings (SSSR count). The van der Waals surface area contributed by atoms with Crippen molar-refractivity contribution in [1.82, 2.24) is 10.1 Å². The Balaban J connectivity index is 1.62. The summed E-state index contributed by atoms with van der Waals surface area (Å²) in [5.41, 5.74) is 1.56. The fourth-order valence-corrected chi connectivity index (χ4v) is 2.67. The molecule has 0 bridgehead atoms. The fourth-order valence-electron chi connectivity index (χ4n) is 2.50. The van der Waals surface area contributed by atoms with Gasteiger partial charge < -0.3 is 14.6 Å².